The van der Waals surface area contributed by atoms with Crippen LogP contribution in [0.15, 0.2) is 29.2 Å². The van der Waals surface area contributed by atoms with Crippen LogP contribution in [-0.4, -0.2) is 62.3 Å². The molecule has 1 unspecified atom stereocenters. The number of carbonyl (C=O) groups is 1. The van der Waals surface area contributed by atoms with Gasteiger partial charge in [0.2, 0.25) is 10.0 Å². The Morgan fingerprint density at radius 2 is 2.00 bits per heavy atom. The number of hydrogen-bond acceptors (Lipinski definition) is 4. The van der Waals surface area contributed by atoms with Crippen LogP contribution < -0.4 is 5.32 Å². The highest BCUT2D eigenvalue weighted by atomic mass is 35.5. The maximum Gasteiger partial charge on any atom is 0.254 e. The lowest BCUT2D eigenvalue weighted by atomic mass is 10.1. The van der Waals surface area contributed by atoms with Gasteiger partial charge in [0.15, 0.2) is 0 Å². The molecule has 0 saturated carbocycles. The summed E-state index contributed by atoms with van der Waals surface area (Å²) in [7, 11) is -3.55. The fourth-order valence-electron chi connectivity index (χ4n) is 2.81. The van der Waals surface area contributed by atoms with Crippen LogP contribution in [0.3, 0.4) is 0 Å². The molecule has 0 aliphatic carbocycles. The van der Waals surface area contributed by atoms with Crippen LogP contribution in [0.1, 0.15) is 31.1 Å². The van der Waals surface area contributed by atoms with E-state index in [1.165, 1.54) is 10.4 Å². The molecule has 6 nitrogen and oxygen atoms in total. The van der Waals surface area contributed by atoms with Crippen molar-refractivity contribution in [1.29, 1.82) is 0 Å². The predicted molar refractivity (Wildman–Crippen MR) is 97.2 cm³/mol. The van der Waals surface area contributed by atoms with Crippen LogP contribution in [-0.2, 0) is 10.0 Å². The van der Waals surface area contributed by atoms with Crippen LogP contribution in [0.4, 0.5) is 0 Å². The summed E-state index contributed by atoms with van der Waals surface area (Å²) in [5.41, 5.74) is 0.423. The number of halogens is 1. The predicted octanol–water partition coefficient (Wildman–Crippen LogP) is 1.57. The fraction of sp³-hybridized carbons (Fsp3) is 0.562. The lowest BCUT2D eigenvalue weighted by Gasteiger charge is -2.34. The Morgan fingerprint density at radius 1 is 1.33 bits per heavy atom. The third-order valence-electron chi connectivity index (χ3n) is 4.19. The highest BCUT2D eigenvalue weighted by molar-refractivity contribution is 7.89. The average Bonchev–Trinajstić information content (AvgIpc) is 2.55. The van der Waals surface area contributed by atoms with Crippen LogP contribution in [0.25, 0.3) is 0 Å². The molecule has 1 amide bonds. The molecule has 8 heteroatoms. The minimum atomic E-state index is -3.55. The molecule has 1 saturated heterocycles. The largest absolute Gasteiger partial charge is 0.333 e. The highest BCUT2D eigenvalue weighted by Crippen LogP contribution is 2.19. The van der Waals surface area contributed by atoms with Crippen molar-refractivity contribution >= 4 is 28.3 Å². The Labute approximate surface area is 150 Å². The van der Waals surface area contributed by atoms with E-state index in [9.17, 15) is 13.2 Å². The monoisotopic (exact) mass is 375 g/mol. The first kappa shape index (κ1) is 20.9. The Kier molecular flexibility index (Phi) is 7.66. The zero-order chi connectivity index (χ0) is 17.0. The van der Waals surface area contributed by atoms with E-state index in [1.807, 2.05) is 6.92 Å². The third kappa shape index (κ3) is 4.27. The smallest absolute Gasteiger partial charge is 0.254 e. The number of rotatable bonds is 5. The van der Waals surface area contributed by atoms with Crippen molar-refractivity contribution in [1.82, 2.24) is 14.5 Å². The zero-order valence-electron chi connectivity index (χ0n) is 14.4. The Morgan fingerprint density at radius 3 is 2.58 bits per heavy atom. The van der Waals surface area contributed by atoms with E-state index < -0.39 is 10.0 Å². The van der Waals surface area contributed by atoms with Crippen molar-refractivity contribution < 1.29 is 13.2 Å². The van der Waals surface area contributed by atoms with E-state index >= 15 is 0 Å². The summed E-state index contributed by atoms with van der Waals surface area (Å²) >= 11 is 0. The van der Waals surface area contributed by atoms with Crippen LogP contribution in [0, 0.1) is 0 Å². The molecule has 1 heterocycles. The van der Waals surface area contributed by atoms with Crippen molar-refractivity contribution in [2.24, 2.45) is 0 Å². The topological polar surface area (TPSA) is 69.7 Å². The summed E-state index contributed by atoms with van der Waals surface area (Å²) in [6.45, 7) is 8.55. The van der Waals surface area contributed by atoms with Crippen molar-refractivity contribution in [3.63, 3.8) is 0 Å². The van der Waals surface area contributed by atoms with E-state index in [2.05, 4.69) is 5.32 Å². The van der Waals surface area contributed by atoms with E-state index in [4.69, 9.17) is 0 Å². The molecule has 1 atom stereocenters. The SMILES string of the molecule is CCN(CC)S(=O)(=O)c1cccc(C(=O)N2CCNCC2C)c1.Cl. The third-order valence-corrected chi connectivity index (χ3v) is 6.23. The van der Waals surface area contributed by atoms with Crippen molar-refractivity contribution in [3.05, 3.63) is 29.8 Å². The molecule has 24 heavy (non-hydrogen) atoms. The molecule has 0 spiro atoms. The summed E-state index contributed by atoms with van der Waals surface area (Å²) in [5.74, 6) is -0.115. The number of nitrogens with one attached hydrogen (secondary N) is 1. The summed E-state index contributed by atoms with van der Waals surface area (Å²) in [6, 6.07) is 6.45. The van der Waals surface area contributed by atoms with Gasteiger partial charge in [-0.3, -0.25) is 4.79 Å². The van der Waals surface area contributed by atoms with Gasteiger partial charge in [-0.25, -0.2) is 8.42 Å². The second kappa shape index (κ2) is 8.80. The quantitative estimate of drug-likeness (QED) is 0.848. The van der Waals surface area contributed by atoms with Crippen LogP contribution in [0.5, 0.6) is 0 Å². The average molecular weight is 376 g/mol. The van der Waals surface area contributed by atoms with Crippen LogP contribution in [0.2, 0.25) is 0 Å². The van der Waals surface area contributed by atoms with Gasteiger partial charge in [0.05, 0.1) is 4.90 Å². The van der Waals surface area contributed by atoms with Gasteiger partial charge >= 0.3 is 0 Å². The number of nitrogens with zero attached hydrogens (tertiary/aromatic N) is 2. The zero-order valence-corrected chi connectivity index (χ0v) is 16.0. The number of hydrogen-bond donors (Lipinski definition) is 1. The molecule has 0 radical (unpaired) electrons. The molecule has 1 aromatic rings. The van der Waals surface area contributed by atoms with E-state index in [-0.39, 0.29) is 29.3 Å². The van der Waals surface area contributed by atoms with Gasteiger partial charge in [-0.1, -0.05) is 19.9 Å². The van der Waals surface area contributed by atoms with Gasteiger partial charge < -0.3 is 10.2 Å². The highest BCUT2D eigenvalue weighted by Gasteiger charge is 2.26. The molecule has 1 fully saturated rings. The molecule has 2 rings (SSSR count). The van der Waals surface area contributed by atoms with Crippen LogP contribution >= 0.6 is 12.4 Å². The number of benzene rings is 1. The maximum absolute atomic E-state index is 12.7. The van der Waals surface area contributed by atoms with E-state index in [1.54, 1.807) is 36.9 Å². The maximum atomic E-state index is 12.7. The molecule has 1 aliphatic heterocycles. The van der Waals surface area contributed by atoms with Gasteiger partial charge in [0.1, 0.15) is 0 Å². The molecular formula is C16H26ClN3O3S. The lowest BCUT2D eigenvalue weighted by molar-refractivity contribution is 0.0655. The lowest BCUT2D eigenvalue weighted by Crippen LogP contribution is -2.52. The Hall–Kier alpha value is -1.15. The minimum Gasteiger partial charge on any atom is -0.333 e. The summed E-state index contributed by atoms with van der Waals surface area (Å²) in [6.07, 6.45) is 0. The summed E-state index contributed by atoms with van der Waals surface area (Å²) < 4.78 is 26.6. The number of sulfonamides is 1. The van der Waals surface area contributed by atoms with Gasteiger partial charge in [-0.15, -0.1) is 12.4 Å². The van der Waals surface area contributed by atoms with Gasteiger partial charge in [-0.2, -0.15) is 4.31 Å². The standard InChI is InChI=1S/C16H25N3O3S.ClH/c1-4-18(5-2)23(21,22)15-8-6-7-14(11-15)16(20)19-10-9-17-12-13(19)3;/h6-8,11,13,17H,4-5,9-10,12H2,1-3H3;1H. The first-order valence-corrected chi connectivity index (χ1v) is 9.47. The summed E-state index contributed by atoms with van der Waals surface area (Å²) in [4.78, 5) is 14.7. The summed E-state index contributed by atoms with van der Waals surface area (Å²) in [5, 5.41) is 3.24. The molecule has 136 valence electrons. The molecule has 1 aromatic carbocycles. The van der Waals surface area contributed by atoms with Gasteiger partial charge in [0.25, 0.3) is 5.91 Å². The number of carbonyl (C=O) groups excluding carboxylic acids is 1. The normalized spacial score (nSPS) is 18.3. The molecular weight excluding hydrogens is 350 g/mol. The Balaban J connectivity index is 0.00000288. The number of piperazine rings is 1. The molecule has 1 aliphatic rings. The second-order valence-electron chi connectivity index (χ2n) is 5.67. The number of amides is 1. The second-order valence-corrected chi connectivity index (χ2v) is 7.61. The Bertz CT molecular complexity index is 662. The first-order valence-electron chi connectivity index (χ1n) is 8.03. The van der Waals surface area contributed by atoms with E-state index in [0.29, 0.717) is 25.2 Å². The first-order chi connectivity index (χ1) is 10.9. The molecule has 0 aromatic heterocycles. The van der Waals surface area contributed by atoms with Crippen molar-refractivity contribution in [2.45, 2.75) is 31.7 Å². The van der Waals surface area contributed by atoms with Crippen molar-refractivity contribution in [2.75, 3.05) is 32.7 Å². The van der Waals surface area contributed by atoms with Crippen molar-refractivity contribution in [3.8, 4) is 0 Å². The molecule has 0 bridgehead atoms. The van der Waals surface area contributed by atoms with Gasteiger partial charge in [0, 0.05) is 44.3 Å². The fourth-order valence-corrected chi connectivity index (χ4v) is 4.32. The molecule has 1 N–H and O–H groups in total. The van der Waals surface area contributed by atoms with Gasteiger partial charge in [-0.05, 0) is 25.1 Å². The minimum absolute atomic E-state index is 0. The van der Waals surface area contributed by atoms with E-state index in [0.717, 1.165) is 13.1 Å².